The van der Waals surface area contributed by atoms with E-state index < -0.39 is 0 Å². The fraction of sp³-hybridized carbons (Fsp3) is 0.250. The molecule has 2 rings (SSSR count). The number of hydrogen-bond donors (Lipinski definition) is 1. The van der Waals surface area contributed by atoms with Crippen LogP contribution in [0.2, 0.25) is 0 Å². The van der Waals surface area contributed by atoms with Crippen molar-refractivity contribution in [2.45, 2.75) is 13.0 Å². The zero-order valence-corrected chi connectivity index (χ0v) is 9.71. The summed E-state index contributed by atoms with van der Waals surface area (Å²) in [6.45, 7) is 2.07. The summed E-state index contributed by atoms with van der Waals surface area (Å²) in [6.07, 6.45) is 3.80. The Morgan fingerprint density at radius 3 is 2.80 bits per heavy atom. The average molecular weight is 218 g/mol. The molecule has 0 aromatic carbocycles. The maximum atomic E-state index is 4.23. The van der Waals surface area contributed by atoms with Crippen molar-refractivity contribution in [3.8, 4) is 0 Å². The van der Waals surface area contributed by atoms with Crippen LogP contribution in [0.1, 0.15) is 22.7 Å². The largest absolute Gasteiger partial charge is 0.309 e. The molecule has 0 fully saturated rings. The third kappa shape index (κ3) is 2.25. The first kappa shape index (κ1) is 10.3. The van der Waals surface area contributed by atoms with Gasteiger partial charge in [0.05, 0.1) is 6.04 Å². The quantitative estimate of drug-likeness (QED) is 0.857. The average Bonchev–Trinajstić information content (AvgIpc) is 2.72. The van der Waals surface area contributed by atoms with Gasteiger partial charge in [-0.15, -0.1) is 0 Å². The van der Waals surface area contributed by atoms with Gasteiger partial charge in [-0.25, -0.2) is 0 Å². The third-order valence-electron chi connectivity index (χ3n) is 2.39. The predicted octanol–water partition coefficient (Wildman–Crippen LogP) is 2.76. The lowest BCUT2D eigenvalue weighted by Gasteiger charge is -2.15. The lowest BCUT2D eigenvalue weighted by Crippen LogP contribution is -2.17. The summed E-state index contributed by atoms with van der Waals surface area (Å²) in [6, 6.07) is 4.57. The summed E-state index contributed by atoms with van der Waals surface area (Å²) in [5.74, 6) is 0. The number of pyridine rings is 1. The summed E-state index contributed by atoms with van der Waals surface area (Å²) >= 11 is 1.72. The first-order chi connectivity index (χ1) is 7.31. The number of rotatable bonds is 3. The first-order valence-corrected chi connectivity index (χ1v) is 5.86. The fourth-order valence-corrected chi connectivity index (χ4v) is 2.39. The number of hydrogen-bond acceptors (Lipinski definition) is 3. The molecule has 2 nitrogen and oxygen atoms in total. The van der Waals surface area contributed by atoms with E-state index in [-0.39, 0.29) is 6.04 Å². The Balaban J connectivity index is 2.35. The Morgan fingerprint density at radius 1 is 1.33 bits per heavy atom. The molecule has 15 heavy (non-hydrogen) atoms. The molecule has 0 amide bonds. The normalized spacial score (nSPS) is 12.7. The van der Waals surface area contributed by atoms with Crippen LogP contribution in [0.5, 0.6) is 0 Å². The van der Waals surface area contributed by atoms with Gasteiger partial charge in [0, 0.05) is 12.4 Å². The van der Waals surface area contributed by atoms with Crippen molar-refractivity contribution in [2.24, 2.45) is 0 Å². The van der Waals surface area contributed by atoms with E-state index in [0.29, 0.717) is 0 Å². The van der Waals surface area contributed by atoms with E-state index in [1.807, 2.05) is 19.4 Å². The molecule has 2 aromatic rings. The van der Waals surface area contributed by atoms with Crippen LogP contribution in [0.15, 0.2) is 35.3 Å². The van der Waals surface area contributed by atoms with Crippen LogP contribution < -0.4 is 5.32 Å². The van der Waals surface area contributed by atoms with Crippen LogP contribution in [0, 0.1) is 6.92 Å². The van der Waals surface area contributed by atoms with Gasteiger partial charge in [0.1, 0.15) is 0 Å². The van der Waals surface area contributed by atoms with Crippen LogP contribution >= 0.6 is 11.3 Å². The molecule has 0 bridgehead atoms. The molecule has 78 valence electrons. The Morgan fingerprint density at radius 2 is 2.20 bits per heavy atom. The van der Waals surface area contributed by atoms with Crippen molar-refractivity contribution in [3.63, 3.8) is 0 Å². The summed E-state index contributed by atoms with van der Waals surface area (Å²) in [5, 5.41) is 7.58. The van der Waals surface area contributed by atoms with Crippen LogP contribution in [-0.2, 0) is 0 Å². The molecular weight excluding hydrogens is 204 g/mol. The maximum Gasteiger partial charge on any atom is 0.0597 e. The van der Waals surface area contributed by atoms with Crippen molar-refractivity contribution >= 4 is 11.3 Å². The molecule has 1 atom stereocenters. The molecule has 0 radical (unpaired) electrons. The molecule has 0 saturated heterocycles. The monoisotopic (exact) mass is 218 g/mol. The van der Waals surface area contributed by atoms with E-state index in [1.165, 1.54) is 16.7 Å². The summed E-state index contributed by atoms with van der Waals surface area (Å²) in [7, 11) is 1.98. The standard InChI is InChI=1S/C12H14N2S/c1-9-5-11(7-14-6-9)12(13-2)10-3-4-15-8-10/h3-8,12-13H,1-2H3. The van der Waals surface area contributed by atoms with Gasteiger partial charge in [-0.2, -0.15) is 11.3 Å². The molecule has 1 N–H and O–H groups in total. The summed E-state index contributed by atoms with van der Waals surface area (Å²) in [4.78, 5) is 4.23. The van der Waals surface area contributed by atoms with Gasteiger partial charge >= 0.3 is 0 Å². The zero-order chi connectivity index (χ0) is 10.7. The molecule has 0 spiro atoms. The Kier molecular flexibility index (Phi) is 3.14. The second-order valence-corrected chi connectivity index (χ2v) is 4.35. The Bertz CT molecular complexity index is 423. The third-order valence-corrected chi connectivity index (χ3v) is 3.10. The SMILES string of the molecule is CNC(c1ccsc1)c1cncc(C)c1. The topological polar surface area (TPSA) is 24.9 Å². The highest BCUT2D eigenvalue weighted by Gasteiger charge is 2.12. The molecular formula is C12H14N2S. The smallest absolute Gasteiger partial charge is 0.0597 e. The van der Waals surface area contributed by atoms with Crippen LogP contribution in [0.25, 0.3) is 0 Å². The van der Waals surface area contributed by atoms with Crippen molar-refractivity contribution in [1.29, 1.82) is 0 Å². The van der Waals surface area contributed by atoms with E-state index >= 15 is 0 Å². The van der Waals surface area contributed by atoms with Gasteiger partial charge in [0.25, 0.3) is 0 Å². The first-order valence-electron chi connectivity index (χ1n) is 4.92. The van der Waals surface area contributed by atoms with Gasteiger partial charge in [-0.3, -0.25) is 4.98 Å². The number of aryl methyl sites for hydroxylation is 1. The molecule has 1 unspecified atom stereocenters. The van der Waals surface area contributed by atoms with Crippen LogP contribution in [0.3, 0.4) is 0 Å². The molecule has 2 heterocycles. The molecule has 3 heteroatoms. The van der Waals surface area contributed by atoms with E-state index in [1.54, 1.807) is 11.3 Å². The number of thiophene rings is 1. The fourth-order valence-electron chi connectivity index (χ4n) is 1.70. The number of nitrogens with one attached hydrogen (secondary N) is 1. The van der Waals surface area contributed by atoms with Gasteiger partial charge in [0.2, 0.25) is 0 Å². The Hall–Kier alpha value is -1.19. The lowest BCUT2D eigenvalue weighted by atomic mass is 10.0. The van der Waals surface area contributed by atoms with Crippen molar-refractivity contribution in [3.05, 3.63) is 52.0 Å². The summed E-state index contributed by atoms with van der Waals surface area (Å²) in [5.41, 5.74) is 3.72. The van der Waals surface area contributed by atoms with Crippen molar-refractivity contribution in [1.82, 2.24) is 10.3 Å². The minimum absolute atomic E-state index is 0.253. The molecule has 0 aliphatic rings. The van der Waals surface area contributed by atoms with Gasteiger partial charge in [-0.05, 0) is 47.5 Å². The molecule has 0 saturated carbocycles. The van der Waals surface area contributed by atoms with Gasteiger partial charge in [0.15, 0.2) is 0 Å². The van der Waals surface area contributed by atoms with Gasteiger partial charge < -0.3 is 5.32 Å². The van der Waals surface area contributed by atoms with Crippen LogP contribution in [0.4, 0.5) is 0 Å². The number of nitrogens with zero attached hydrogens (tertiary/aromatic N) is 1. The van der Waals surface area contributed by atoms with E-state index in [4.69, 9.17) is 0 Å². The second kappa shape index (κ2) is 4.55. The minimum Gasteiger partial charge on any atom is -0.309 e. The number of aromatic nitrogens is 1. The maximum absolute atomic E-state index is 4.23. The van der Waals surface area contributed by atoms with Crippen molar-refractivity contribution < 1.29 is 0 Å². The highest BCUT2D eigenvalue weighted by molar-refractivity contribution is 7.08. The predicted molar refractivity (Wildman–Crippen MR) is 64.2 cm³/mol. The Labute approximate surface area is 94.0 Å². The second-order valence-electron chi connectivity index (χ2n) is 3.57. The van der Waals surface area contributed by atoms with E-state index in [0.717, 1.165) is 0 Å². The molecule has 2 aromatic heterocycles. The lowest BCUT2D eigenvalue weighted by molar-refractivity contribution is 0.690. The highest BCUT2D eigenvalue weighted by Crippen LogP contribution is 2.23. The van der Waals surface area contributed by atoms with Crippen LogP contribution in [-0.4, -0.2) is 12.0 Å². The zero-order valence-electron chi connectivity index (χ0n) is 8.90. The van der Waals surface area contributed by atoms with Crippen molar-refractivity contribution in [2.75, 3.05) is 7.05 Å². The van der Waals surface area contributed by atoms with Gasteiger partial charge in [-0.1, -0.05) is 6.07 Å². The van der Waals surface area contributed by atoms with E-state index in [2.05, 4.69) is 40.1 Å². The van der Waals surface area contributed by atoms with E-state index in [9.17, 15) is 0 Å². The highest BCUT2D eigenvalue weighted by atomic mass is 32.1. The minimum atomic E-state index is 0.253. The molecule has 0 aliphatic heterocycles. The molecule has 0 aliphatic carbocycles. The summed E-state index contributed by atoms with van der Waals surface area (Å²) < 4.78 is 0.